The predicted octanol–water partition coefficient (Wildman–Crippen LogP) is -2.98. The summed E-state index contributed by atoms with van der Waals surface area (Å²) in [5, 5.41) is 24.5. The lowest BCUT2D eigenvalue weighted by Gasteiger charge is -2.19. The van der Waals surface area contributed by atoms with E-state index in [1.807, 2.05) is 0 Å². The van der Waals surface area contributed by atoms with Crippen LogP contribution in [0.1, 0.15) is 25.7 Å². The van der Waals surface area contributed by atoms with E-state index in [1.54, 1.807) is 0 Å². The smallest absolute Gasteiger partial charge is 0.326 e. The number of carbonyl (C=O) groups excluding carboxylic acids is 3. The van der Waals surface area contributed by atoms with Crippen molar-refractivity contribution in [3.63, 3.8) is 0 Å². The Labute approximate surface area is 167 Å². The van der Waals surface area contributed by atoms with Crippen molar-refractivity contribution in [1.82, 2.24) is 16.0 Å². The van der Waals surface area contributed by atoms with Crippen molar-refractivity contribution in [1.29, 1.82) is 0 Å². The molecule has 13 heteroatoms. The number of nitrogens with one attached hydrogen (secondary N) is 3. The predicted molar refractivity (Wildman–Crippen MR) is 101 cm³/mol. The Hall–Kier alpha value is -2.38. The number of aliphatic carboxylic acids is 2. The van der Waals surface area contributed by atoms with Crippen molar-refractivity contribution in [3.05, 3.63) is 0 Å². The lowest BCUT2D eigenvalue weighted by molar-refractivity contribution is -0.142. The van der Waals surface area contributed by atoms with Gasteiger partial charge in [-0.1, -0.05) is 0 Å². The van der Waals surface area contributed by atoms with E-state index in [-0.39, 0.29) is 12.2 Å². The number of carboxylic acids is 2. The highest BCUT2D eigenvalue weighted by atomic mass is 32.1. The van der Waals surface area contributed by atoms with E-state index in [4.69, 9.17) is 21.7 Å². The fraction of sp³-hybridized carbons (Fsp3) is 0.667. The second kappa shape index (κ2) is 13.7. The Bertz CT molecular complexity index is 575. The summed E-state index contributed by atoms with van der Waals surface area (Å²) in [6, 6.07) is -3.60. The van der Waals surface area contributed by atoms with Crippen LogP contribution in [0.3, 0.4) is 0 Å². The first-order valence-corrected chi connectivity index (χ1v) is 9.14. The first kappa shape index (κ1) is 25.6. The number of unbranched alkanes of at least 4 members (excludes halogenated alkanes) is 1. The van der Waals surface area contributed by atoms with Gasteiger partial charge in [0.1, 0.15) is 12.1 Å². The summed E-state index contributed by atoms with van der Waals surface area (Å²) >= 11 is 3.92. The fourth-order valence-corrected chi connectivity index (χ4v) is 2.30. The summed E-state index contributed by atoms with van der Waals surface area (Å²) in [5.74, 6) is -4.94. The Kier molecular flexibility index (Phi) is 12.6. The molecule has 0 aliphatic rings. The molecule has 0 aromatic heterocycles. The first-order valence-electron chi connectivity index (χ1n) is 8.50. The maximum absolute atomic E-state index is 12.0. The van der Waals surface area contributed by atoms with Crippen molar-refractivity contribution < 1.29 is 34.2 Å². The summed E-state index contributed by atoms with van der Waals surface area (Å²) < 4.78 is 0. The summed E-state index contributed by atoms with van der Waals surface area (Å²) in [6.45, 7) is -0.107. The minimum Gasteiger partial charge on any atom is -0.481 e. The molecule has 28 heavy (non-hydrogen) atoms. The Morgan fingerprint density at radius 2 is 1.61 bits per heavy atom. The molecule has 0 bridgehead atoms. The van der Waals surface area contributed by atoms with E-state index in [0.717, 1.165) is 0 Å². The van der Waals surface area contributed by atoms with Gasteiger partial charge in [0, 0.05) is 5.75 Å². The van der Waals surface area contributed by atoms with E-state index >= 15 is 0 Å². The zero-order valence-corrected chi connectivity index (χ0v) is 16.1. The number of amides is 3. The number of thiol groups is 1. The van der Waals surface area contributed by atoms with Crippen LogP contribution in [0.4, 0.5) is 0 Å². The Morgan fingerprint density at radius 1 is 0.964 bits per heavy atom. The van der Waals surface area contributed by atoms with Gasteiger partial charge in [0.05, 0.1) is 19.0 Å². The van der Waals surface area contributed by atoms with Crippen LogP contribution in [0.15, 0.2) is 0 Å². The van der Waals surface area contributed by atoms with Gasteiger partial charge in [-0.25, -0.2) is 4.79 Å². The van der Waals surface area contributed by atoms with Crippen LogP contribution in [0, 0.1) is 0 Å². The molecule has 0 aromatic carbocycles. The monoisotopic (exact) mass is 421 g/mol. The van der Waals surface area contributed by atoms with Gasteiger partial charge in [0.25, 0.3) is 0 Å². The number of rotatable bonds is 14. The van der Waals surface area contributed by atoms with Crippen molar-refractivity contribution in [2.45, 2.75) is 43.8 Å². The molecule has 9 N–H and O–H groups in total. The third kappa shape index (κ3) is 10.7. The number of carboxylic acid groups (broad SMARTS) is 2. The number of hydrogen-bond donors (Lipinski definition) is 8. The van der Waals surface area contributed by atoms with Crippen molar-refractivity contribution >= 4 is 42.3 Å². The normalized spacial score (nSPS) is 13.7. The molecule has 3 amide bonds. The minimum atomic E-state index is -1.35. The first-order chi connectivity index (χ1) is 13.1. The largest absolute Gasteiger partial charge is 0.481 e. The quantitative estimate of drug-likeness (QED) is 0.106. The standard InChI is InChI=1S/C15H27N5O7S/c16-4-2-1-3-9(15(26)27)19-11(21)6-18-14(25)10(7-28)20-13(24)8(17)5-12(22)23/h8-10,28H,1-7,16-17H2,(H,18,25)(H,19,21)(H,20,24)(H,22,23)(H,26,27). The van der Waals surface area contributed by atoms with Gasteiger partial charge in [-0.3, -0.25) is 19.2 Å². The average molecular weight is 421 g/mol. The Balaban J connectivity index is 4.53. The van der Waals surface area contributed by atoms with Gasteiger partial charge in [0.15, 0.2) is 0 Å². The summed E-state index contributed by atoms with van der Waals surface area (Å²) in [6.07, 6.45) is 0.715. The molecule has 0 fully saturated rings. The second-order valence-corrected chi connectivity index (χ2v) is 6.27. The van der Waals surface area contributed by atoms with Crippen LogP contribution in [0.5, 0.6) is 0 Å². The van der Waals surface area contributed by atoms with Crippen LogP contribution in [0.2, 0.25) is 0 Å². The molecule has 0 aromatic rings. The maximum atomic E-state index is 12.0. The number of nitrogens with two attached hydrogens (primary N) is 2. The number of carbonyl (C=O) groups is 5. The van der Waals surface area contributed by atoms with Crippen LogP contribution in [-0.4, -0.2) is 76.8 Å². The van der Waals surface area contributed by atoms with Gasteiger partial charge in [-0.15, -0.1) is 0 Å². The molecule has 0 spiro atoms. The zero-order valence-electron chi connectivity index (χ0n) is 15.2. The van der Waals surface area contributed by atoms with E-state index < -0.39 is 60.8 Å². The van der Waals surface area contributed by atoms with Crippen LogP contribution >= 0.6 is 12.6 Å². The lowest BCUT2D eigenvalue weighted by Crippen LogP contribution is -2.54. The van der Waals surface area contributed by atoms with Crippen LogP contribution < -0.4 is 27.4 Å². The molecule has 12 nitrogen and oxygen atoms in total. The summed E-state index contributed by atoms with van der Waals surface area (Å²) in [4.78, 5) is 57.4. The molecule has 0 rings (SSSR count). The lowest BCUT2D eigenvalue weighted by atomic mass is 10.1. The molecule has 0 saturated heterocycles. The highest BCUT2D eigenvalue weighted by Crippen LogP contribution is 2.00. The van der Waals surface area contributed by atoms with Crippen molar-refractivity contribution in [3.8, 4) is 0 Å². The maximum Gasteiger partial charge on any atom is 0.326 e. The number of hydrogen-bond acceptors (Lipinski definition) is 8. The van der Waals surface area contributed by atoms with Crippen LogP contribution in [0.25, 0.3) is 0 Å². The highest BCUT2D eigenvalue weighted by Gasteiger charge is 2.25. The van der Waals surface area contributed by atoms with E-state index in [9.17, 15) is 24.0 Å². The highest BCUT2D eigenvalue weighted by molar-refractivity contribution is 7.80. The molecular weight excluding hydrogens is 394 g/mol. The molecular formula is C15H27N5O7S. The molecule has 3 unspecified atom stereocenters. The molecule has 0 aliphatic heterocycles. The van der Waals surface area contributed by atoms with Gasteiger partial charge in [-0.2, -0.15) is 12.6 Å². The van der Waals surface area contributed by atoms with Crippen molar-refractivity contribution in [2.75, 3.05) is 18.8 Å². The zero-order chi connectivity index (χ0) is 21.7. The summed E-state index contributed by atoms with van der Waals surface area (Å²) in [7, 11) is 0. The molecule has 0 radical (unpaired) electrons. The minimum absolute atomic E-state index is 0.129. The Morgan fingerprint density at radius 3 is 2.11 bits per heavy atom. The molecule has 160 valence electrons. The van der Waals surface area contributed by atoms with Gasteiger partial charge >= 0.3 is 11.9 Å². The summed E-state index contributed by atoms with van der Waals surface area (Å²) in [5.41, 5.74) is 10.7. The average Bonchev–Trinajstić information content (AvgIpc) is 2.62. The van der Waals surface area contributed by atoms with Gasteiger partial charge < -0.3 is 37.6 Å². The van der Waals surface area contributed by atoms with E-state index in [0.29, 0.717) is 19.4 Å². The topological polar surface area (TPSA) is 214 Å². The van der Waals surface area contributed by atoms with Crippen molar-refractivity contribution in [2.24, 2.45) is 11.5 Å². The molecule has 0 aliphatic carbocycles. The van der Waals surface area contributed by atoms with Gasteiger partial charge in [-0.05, 0) is 25.8 Å². The fourth-order valence-electron chi connectivity index (χ4n) is 2.04. The SMILES string of the molecule is NCCCCC(NC(=O)CNC(=O)C(CS)NC(=O)C(N)CC(=O)O)C(=O)O. The van der Waals surface area contributed by atoms with Crippen LogP contribution in [-0.2, 0) is 24.0 Å². The van der Waals surface area contributed by atoms with E-state index in [2.05, 4.69) is 28.6 Å². The van der Waals surface area contributed by atoms with Gasteiger partial charge in [0.2, 0.25) is 17.7 Å². The third-order valence-electron chi connectivity index (χ3n) is 3.55. The third-order valence-corrected chi connectivity index (χ3v) is 3.92. The molecule has 0 saturated carbocycles. The molecule has 3 atom stereocenters. The second-order valence-electron chi connectivity index (χ2n) is 5.91. The molecule has 0 heterocycles. The van der Waals surface area contributed by atoms with E-state index in [1.165, 1.54) is 0 Å².